The van der Waals surface area contributed by atoms with Gasteiger partial charge < -0.3 is 20.1 Å². The number of aromatic nitrogens is 1. The molecule has 0 saturated heterocycles. The first-order valence-corrected chi connectivity index (χ1v) is 9.44. The van der Waals surface area contributed by atoms with E-state index in [1.807, 2.05) is 18.2 Å². The zero-order valence-electron chi connectivity index (χ0n) is 16.3. The number of pyridine rings is 1. The van der Waals surface area contributed by atoms with Crippen molar-refractivity contribution in [3.8, 4) is 5.88 Å². The van der Waals surface area contributed by atoms with Crippen molar-refractivity contribution in [3.63, 3.8) is 0 Å². The van der Waals surface area contributed by atoms with Crippen LogP contribution in [0.1, 0.15) is 24.5 Å². The molecule has 0 unspecified atom stereocenters. The molecule has 6 nitrogen and oxygen atoms in total. The van der Waals surface area contributed by atoms with Crippen molar-refractivity contribution in [2.45, 2.75) is 26.3 Å². The largest absolute Gasteiger partial charge is 0.475 e. The molecule has 2 aromatic rings. The lowest BCUT2D eigenvalue weighted by Gasteiger charge is -2.11. The highest BCUT2D eigenvalue weighted by Gasteiger charge is 2.00. The smallest absolute Gasteiger partial charge is 0.213 e. The van der Waals surface area contributed by atoms with Crippen LogP contribution >= 0.6 is 0 Å². The summed E-state index contributed by atoms with van der Waals surface area (Å²) >= 11 is 0. The summed E-state index contributed by atoms with van der Waals surface area (Å²) in [6.07, 6.45) is 3.91. The first kappa shape index (κ1) is 20.7. The maximum absolute atomic E-state index is 5.47. The average Bonchev–Trinajstić information content (AvgIpc) is 2.71. The molecule has 0 spiro atoms. The second-order valence-corrected chi connectivity index (χ2v) is 6.06. The zero-order valence-corrected chi connectivity index (χ0v) is 16.3. The SMILES string of the molecule is CCNC(=NCc1ccc(OCCOC)nc1)NCCCc1ccccc1. The summed E-state index contributed by atoms with van der Waals surface area (Å²) < 4.78 is 10.4. The third-order valence-corrected chi connectivity index (χ3v) is 3.88. The lowest BCUT2D eigenvalue weighted by molar-refractivity contribution is 0.143. The molecule has 0 saturated carbocycles. The maximum Gasteiger partial charge on any atom is 0.213 e. The van der Waals surface area contributed by atoms with Gasteiger partial charge in [0.15, 0.2) is 5.96 Å². The molecule has 0 fully saturated rings. The molecule has 0 amide bonds. The second kappa shape index (κ2) is 12.7. The van der Waals surface area contributed by atoms with E-state index in [0.29, 0.717) is 25.6 Å². The van der Waals surface area contributed by atoms with E-state index in [1.54, 1.807) is 13.3 Å². The molecule has 0 aliphatic carbocycles. The van der Waals surface area contributed by atoms with Gasteiger partial charge in [0.25, 0.3) is 0 Å². The molecule has 1 heterocycles. The maximum atomic E-state index is 5.47. The van der Waals surface area contributed by atoms with Crippen molar-refractivity contribution >= 4 is 5.96 Å². The monoisotopic (exact) mass is 370 g/mol. The zero-order chi connectivity index (χ0) is 19.2. The van der Waals surface area contributed by atoms with E-state index in [0.717, 1.165) is 37.5 Å². The van der Waals surface area contributed by atoms with Gasteiger partial charge in [-0.3, -0.25) is 0 Å². The summed E-state index contributed by atoms with van der Waals surface area (Å²) in [5.74, 6) is 1.43. The van der Waals surface area contributed by atoms with Crippen LogP contribution in [0, 0.1) is 0 Å². The molecule has 0 radical (unpaired) electrons. The number of methoxy groups -OCH3 is 1. The van der Waals surface area contributed by atoms with E-state index < -0.39 is 0 Å². The molecule has 0 aliphatic heterocycles. The molecule has 0 bridgehead atoms. The second-order valence-electron chi connectivity index (χ2n) is 6.06. The van der Waals surface area contributed by atoms with E-state index in [4.69, 9.17) is 9.47 Å². The Kier molecular flexibility index (Phi) is 9.74. The van der Waals surface area contributed by atoms with E-state index in [1.165, 1.54) is 5.56 Å². The Bertz CT molecular complexity index is 660. The number of hydrogen-bond acceptors (Lipinski definition) is 4. The first-order chi connectivity index (χ1) is 13.3. The van der Waals surface area contributed by atoms with Crippen LogP contribution in [0.2, 0.25) is 0 Å². The van der Waals surface area contributed by atoms with Crippen molar-refractivity contribution < 1.29 is 9.47 Å². The van der Waals surface area contributed by atoms with E-state index in [9.17, 15) is 0 Å². The standard InChI is InChI=1S/C21H30N4O2/c1-3-22-21(23-13-7-10-18-8-5-4-6-9-18)25-17-19-11-12-20(24-16-19)27-15-14-26-2/h4-6,8-9,11-12,16H,3,7,10,13-15,17H2,1-2H3,(H2,22,23,25). The van der Waals surface area contributed by atoms with E-state index >= 15 is 0 Å². The highest BCUT2D eigenvalue weighted by Crippen LogP contribution is 2.08. The van der Waals surface area contributed by atoms with Crippen molar-refractivity contribution in [2.75, 3.05) is 33.4 Å². The predicted molar refractivity (Wildman–Crippen MR) is 109 cm³/mol. The summed E-state index contributed by atoms with van der Waals surface area (Å²) in [5.41, 5.74) is 2.40. The number of nitrogens with one attached hydrogen (secondary N) is 2. The van der Waals surface area contributed by atoms with Crippen molar-refractivity contribution in [1.82, 2.24) is 15.6 Å². The van der Waals surface area contributed by atoms with Crippen LogP contribution in [0.4, 0.5) is 0 Å². The van der Waals surface area contributed by atoms with Gasteiger partial charge in [0.05, 0.1) is 13.2 Å². The van der Waals surface area contributed by atoms with Gasteiger partial charge in [-0.2, -0.15) is 0 Å². The average molecular weight is 370 g/mol. The molecule has 0 aliphatic rings. The fraction of sp³-hybridized carbons (Fsp3) is 0.429. The Morgan fingerprint density at radius 3 is 2.59 bits per heavy atom. The molecule has 0 atom stereocenters. The van der Waals surface area contributed by atoms with Gasteiger partial charge in [0.2, 0.25) is 5.88 Å². The van der Waals surface area contributed by atoms with Crippen molar-refractivity contribution in [2.24, 2.45) is 4.99 Å². The third-order valence-electron chi connectivity index (χ3n) is 3.88. The number of aryl methyl sites for hydroxylation is 1. The Labute approximate surface area is 162 Å². The summed E-state index contributed by atoms with van der Waals surface area (Å²) in [4.78, 5) is 8.92. The highest BCUT2D eigenvalue weighted by atomic mass is 16.5. The Morgan fingerprint density at radius 1 is 1.04 bits per heavy atom. The molecule has 2 rings (SSSR count). The minimum atomic E-state index is 0.498. The molecular formula is C21H30N4O2. The number of guanidine groups is 1. The summed E-state index contributed by atoms with van der Waals surface area (Å²) in [6.45, 7) is 5.39. The van der Waals surface area contributed by atoms with Gasteiger partial charge in [-0.25, -0.2) is 9.98 Å². The number of nitrogens with zero attached hydrogens (tertiary/aromatic N) is 2. The summed E-state index contributed by atoms with van der Waals surface area (Å²) in [5, 5.41) is 6.66. The molecule has 1 aromatic carbocycles. The summed E-state index contributed by atoms with van der Waals surface area (Å²) in [6, 6.07) is 14.4. The Morgan fingerprint density at radius 2 is 1.89 bits per heavy atom. The number of rotatable bonds is 11. The van der Waals surface area contributed by atoms with Crippen LogP contribution in [0.25, 0.3) is 0 Å². The van der Waals surface area contributed by atoms with Crippen molar-refractivity contribution in [1.29, 1.82) is 0 Å². The van der Waals surface area contributed by atoms with Crippen LogP contribution in [-0.4, -0.2) is 44.4 Å². The normalized spacial score (nSPS) is 11.3. The molecule has 27 heavy (non-hydrogen) atoms. The fourth-order valence-electron chi connectivity index (χ4n) is 2.48. The lowest BCUT2D eigenvalue weighted by Crippen LogP contribution is -2.37. The molecular weight excluding hydrogens is 340 g/mol. The fourth-order valence-corrected chi connectivity index (χ4v) is 2.48. The minimum Gasteiger partial charge on any atom is -0.475 e. The quantitative estimate of drug-likeness (QED) is 0.362. The van der Waals surface area contributed by atoms with E-state index in [2.05, 4.69) is 51.8 Å². The Hall–Kier alpha value is -2.60. The van der Waals surface area contributed by atoms with Crippen LogP contribution in [0.5, 0.6) is 5.88 Å². The number of hydrogen-bond donors (Lipinski definition) is 2. The van der Waals surface area contributed by atoms with Crippen LogP contribution in [0.3, 0.4) is 0 Å². The topological polar surface area (TPSA) is 67.8 Å². The predicted octanol–water partition coefficient (Wildman–Crippen LogP) is 2.79. The van der Waals surface area contributed by atoms with Crippen LogP contribution in [-0.2, 0) is 17.7 Å². The third kappa shape index (κ3) is 8.55. The van der Waals surface area contributed by atoms with Gasteiger partial charge in [-0.1, -0.05) is 36.4 Å². The van der Waals surface area contributed by atoms with Crippen LogP contribution < -0.4 is 15.4 Å². The van der Waals surface area contributed by atoms with Crippen LogP contribution in [0.15, 0.2) is 53.7 Å². The molecule has 1 aromatic heterocycles. The summed E-state index contributed by atoms with van der Waals surface area (Å²) in [7, 11) is 1.65. The van der Waals surface area contributed by atoms with Gasteiger partial charge in [-0.15, -0.1) is 0 Å². The molecule has 2 N–H and O–H groups in total. The van der Waals surface area contributed by atoms with Crippen molar-refractivity contribution in [3.05, 3.63) is 59.8 Å². The van der Waals surface area contributed by atoms with Gasteiger partial charge in [0, 0.05) is 32.5 Å². The number of benzene rings is 1. The van der Waals surface area contributed by atoms with Gasteiger partial charge in [-0.05, 0) is 30.9 Å². The number of aliphatic imine (C=N–C) groups is 1. The van der Waals surface area contributed by atoms with Gasteiger partial charge >= 0.3 is 0 Å². The number of ether oxygens (including phenoxy) is 2. The highest BCUT2D eigenvalue weighted by molar-refractivity contribution is 5.79. The molecule has 146 valence electrons. The van der Waals surface area contributed by atoms with Gasteiger partial charge in [0.1, 0.15) is 6.61 Å². The Balaban J connectivity index is 1.76. The van der Waals surface area contributed by atoms with E-state index in [-0.39, 0.29) is 0 Å². The minimum absolute atomic E-state index is 0.498. The first-order valence-electron chi connectivity index (χ1n) is 9.44. The molecule has 6 heteroatoms. The lowest BCUT2D eigenvalue weighted by atomic mass is 10.1.